The molecule has 0 aromatic rings. The van der Waals surface area contributed by atoms with Gasteiger partial charge >= 0.3 is 0 Å². The molecular formula is C13H20O3. The lowest BCUT2D eigenvalue weighted by Crippen LogP contribution is -2.60. The quantitative estimate of drug-likeness (QED) is 0.684. The van der Waals surface area contributed by atoms with Crippen LogP contribution in [0.5, 0.6) is 0 Å². The second-order valence-corrected chi connectivity index (χ2v) is 6.03. The summed E-state index contributed by atoms with van der Waals surface area (Å²) < 4.78 is 11.4. The van der Waals surface area contributed by atoms with Crippen molar-refractivity contribution in [2.24, 2.45) is 16.7 Å². The summed E-state index contributed by atoms with van der Waals surface area (Å²) in [5, 5.41) is 0. The van der Waals surface area contributed by atoms with E-state index in [-0.39, 0.29) is 17.1 Å². The summed E-state index contributed by atoms with van der Waals surface area (Å²) in [6.45, 7) is 5.79. The van der Waals surface area contributed by atoms with Crippen LogP contribution in [0, 0.1) is 16.7 Å². The van der Waals surface area contributed by atoms with Gasteiger partial charge in [0.1, 0.15) is 5.78 Å². The van der Waals surface area contributed by atoms with Gasteiger partial charge < -0.3 is 9.47 Å². The number of hydrogen-bond donors (Lipinski definition) is 0. The Bertz CT molecular complexity index is 321. The molecule has 0 spiro atoms. The summed E-state index contributed by atoms with van der Waals surface area (Å²) >= 11 is 0. The van der Waals surface area contributed by atoms with E-state index < -0.39 is 0 Å². The molecule has 0 unspecified atom stereocenters. The second-order valence-electron chi connectivity index (χ2n) is 6.03. The van der Waals surface area contributed by atoms with Crippen LogP contribution in [0.4, 0.5) is 0 Å². The Morgan fingerprint density at radius 2 is 1.88 bits per heavy atom. The minimum atomic E-state index is -0.0810. The van der Waals surface area contributed by atoms with Gasteiger partial charge in [0, 0.05) is 17.3 Å². The van der Waals surface area contributed by atoms with E-state index in [0.29, 0.717) is 24.9 Å². The van der Waals surface area contributed by atoms with E-state index in [1.54, 1.807) is 0 Å². The first-order valence-corrected chi connectivity index (χ1v) is 6.34. The van der Waals surface area contributed by atoms with Crippen molar-refractivity contribution in [1.29, 1.82) is 0 Å². The fourth-order valence-electron chi connectivity index (χ4n) is 4.01. The maximum absolute atomic E-state index is 11.8. The van der Waals surface area contributed by atoms with Crippen LogP contribution in [0.25, 0.3) is 0 Å². The average molecular weight is 224 g/mol. The molecule has 0 N–H and O–H groups in total. The Balaban J connectivity index is 1.87. The molecule has 3 atom stereocenters. The highest BCUT2D eigenvalue weighted by atomic mass is 16.7. The van der Waals surface area contributed by atoms with E-state index in [1.165, 1.54) is 0 Å². The van der Waals surface area contributed by atoms with Gasteiger partial charge in [-0.1, -0.05) is 20.3 Å². The minimum absolute atomic E-state index is 0.0530. The zero-order valence-corrected chi connectivity index (χ0v) is 10.1. The Kier molecular flexibility index (Phi) is 2.21. The predicted molar refractivity (Wildman–Crippen MR) is 58.9 cm³/mol. The van der Waals surface area contributed by atoms with Crippen LogP contribution < -0.4 is 0 Å². The largest absolute Gasteiger partial charge is 0.350 e. The third-order valence-corrected chi connectivity index (χ3v) is 5.16. The van der Waals surface area contributed by atoms with E-state index in [9.17, 15) is 4.79 Å². The SMILES string of the molecule is C[C@@]12CCC[C@](C)(C3OCCO3)[C@@H]1CC2=O. The molecule has 1 heterocycles. The molecule has 0 aromatic carbocycles. The van der Waals surface area contributed by atoms with Gasteiger partial charge in [0.15, 0.2) is 6.29 Å². The average Bonchev–Trinajstić information content (AvgIpc) is 2.77. The van der Waals surface area contributed by atoms with Gasteiger partial charge in [-0.2, -0.15) is 0 Å². The van der Waals surface area contributed by atoms with Gasteiger partial charge in [0.2, 0.25) is 0 Å². The monoisotopic (exact) mass is 224 g/mol. The van der Waals surface area contributed by atoms with E-state index in [4.69, 9.17) is 9.47 Å². The first-order chi connectivity index (χ1) is 7.57. The topological polar surface area (TPSA) is 35.5 Å². The Morgan fingerprint density at radius 3 is 2.50 bits per heavy atom. The van der Waals surface area contributed by atoms with Gasteiger partial charge in [-0.05, 0) is 18.8 Å². The fraction of sp³-hybridized carbons (Fsp3) is 0.923. The third kappa shape index (κ3) is 1.19. The molecule has 0 aromatic heterocycles. The highest BCUT2D eigenvalue weighted by molar-refractivity contribution is 5.91. The number of hydrogen-bond acceptors (Lipinski definition) is 3. The van der Waals surface area contributed by atoms with Crippen molar-refractivity contribution >= 4 is 5.78 Å². The minimum Gasteiger partial charge on any atom is -0.350 e. The van der Waals surface area contributed by atoms with Crippen LogP contribution >= 0.6 is 0 Å². The number of carbonyl (C=O) groups is 1. The zero-order valence-electron chi connectivity index (χ0n) is 10.1. The molecule has 90 valence electrons. The maximum atomic E-state index is 11.8. The fourth-order valence-corrected chi connectivity index (χ4v) is 4.01. The van der Waals surface area contributed by atoms with Gasteiger partial charge in [0.05, 0.1) is 13.2 Å². The molecule has 2 aliphatic carbocycles. The molecule has 3 nitrogen and oxygen atoms in total. The molecule has 1 saturated heterocycles. The number of fused-ring (bicyclic) bond motifs is 1. The summed E-state index contributed by atoms with van der Waals surface area (Å²) in [4.78, 5) is 11.8. The van der Waals surface area contributed by atoms with Gasteiger partial charge in [-0.3, -0.25) is 4.79 Å². The third-order valence-electron chi connectivity index (χ3n) is 5.16. The Morgan fingerprint density at radius 1 is 1.19 bits per heavy atom. The number of rotatable bonds is 1. The first-order valence-electron chi connectivity index (χ1n) is 6.34. The molecule has 2 saturated carbocycles. The molecule has 0 radical (unpaired) electrons. The van der Waals surface area contributed by atoms with Crippen LogP contribution in [0.2, 0.25) is 0 Å². The highest BCUT2D eigenvalue weighted by Gasteiger charge is 2.63. The lowest BCUT2D eigenvalue weighted by Gasteiger charge is -2.58. The molecule has 16 heavy (non-hydrogen) atoms. The predicted octanol–water partition coefficient (Wildman–Crippen LogP) is 2.14. The smallest absolute Gasteiger partial charge is 0.163 e. The number of Topliss-reactive ketones (excluding diaryl/α,β-unsaturated/α-hetero) is 1. The van der Waals surface area contributed by atoms with E-state index in [1.807, 2.05) is 0 Å². The molecule has 3 aliphatic rings. The Hall–Kier alpha value is -0.410. The molecule has 0 amide bonds. The summed E-state index contributed by atoms with van der Waals surface area (Å²) in [6, 6.07) is 0. The summed E-state index contributed by atoms with van der Waals surface area (Å²) in [5.74, 6) is 0.908. The van der Waals surface area contributed by atoms with Crippen molar-refractivity contribution in [3.05, 3.63) is 0 Å². The van der Waals surface area contributed by atoms with Crippen LogP contribution in [0.3, 0.4) is 0 Å². The molecular weight excluding hydrogens is 204 g/mol. The van der Waals surface area contributed by atoms with Crippen molar-refractivity contribution in [1.82, 2.24) is 0 Å². The Labute approximate surface area is 96.5 Å². The summed E-state index contributed by atoms with van der Waals surface area (Å²) in [6.07, 6.45) is 3.96. The van der Waals surface area contributed by atoms with Crippen molar-refractivity contribution in [3.63, 3.8) is 0 Å². The van der Waals surface area contributed by atoms with Crippen molar-refractivity contribution in [2.75, 3.05) is 13.2 Å². The lowest BCUT2D eigenvalue weighted by atomic mass is 9.45. The van der Waals surface area contributed by atoms with E-state index in [0.717, 1.165) is 25.7 Å². The summed E-state index contributed by atoms with van der Waals surface area (Å²) in [5.41, 5.74) is -0.0281. The van der Waals surface area contributed by atoms with Crippen molar-refractivity contribution in [3.8, 4) is 0 Å². The van der Waals surface area contributed by atoms with E-state index >= 15 is 0 Å². The lowest BCUT2D eigenvalue weighted by molar-refractivity contribution is -0.209. The van der Waals surface area contributed by atoms with Crippen molar-refractivity contribution < 1.29 is 14.3 Å². The molecule has 0 bridgehead atoms. The zero-order chi connectivity index (χ0) is 11.4. The number of ether oxygens (including phenoxy) is 2. The summed E-state index contributed by atoms with van der Waals surface area (Å²) in [7, 11) is 0. The molecule has 1 aliphatic heterocycles. The van der Waals surface area contributed by atoms with Crippen molar-refractivity contribution in [2.45, 2.75) is 45.8 Å². The van der Waals surface area contributed by atoms with Gasteiger partial charge in [-0.15, -0.1) is 0 Å². The molecule has 3 fully saturated rings. The van der Waals surface area contributed by atoms with E-state index in [2.05, 4.69) is 13.8 Å². The first kappa shape index (κ1) is 10.7. The molecule has 3 heteroatoms. The maximum Gasteiger partial charge on any atom is 0.163 e. The van der Waals surface area contributed by atoms with Crippen LogP contribution in [-0.4, -0.2) is 25.3 Å². The number of carbonyl (C=O) groups excluding carboxylic acids is 1. The highest BCUT2D eigenvalue weighted by Crippen LogP contribution is 2.62. The van der Waals surface area contributed by atoms with Crippen LogP contribution in [-0.2, 0) is 14.3 Å². The second kappa shape index (κ2) is 3.30. The van der Waals surface area contributed by atoms with Crippen LogP contribution in [0.1, 0.15) is 39.5 Å². The van der Waals surface area contributed by atoms with Gasteiger partial charge in [0.25, 0.3) is 0 Å². The molecule has 3 rings (SSSR count). The number of ketones is 1. The van der Waals surface area contributed by atoms with Gasteiger partial charge in [-0.25, -0.2) is 0 Å². The van der Waals surface area contributed by atoms with Crippen LogP contribution in [0.15, 0.2) is 0 Å². The standard InChI is InChI=1S/C13H20O3/c1-12-4-3-5-13(2,9(12)8-10(12)14)11-15-6-7-16-11/h9,11H,3-8H2,1-2H3/t9-,12-,13+/m1/s1. The normalized spacial score (nSPS) is 48.9.